The average molecular weight is 216 g/mol. The first-order valence-corrected chi connectivity index (χ1v) is 5.94. The first kappa shape index (κ1) is 12.9. The van der Waals surface area contributed by atoms with Crippen LogP contribution in [0.4, 0.5) is 0 Å². The van der Waals surface area contributed by atoms with Crippen LogP contribution >= 0.6 is 0 Å². The maximum absolute atomic E-state index is 5.34. The third-order valence-corrected chi connectivity index (χ3v) is 2.60. The van der Waals surface area contributed by atoms with Gasteiger partial charge in [0.25, 0.3) is 0 Å². The SMILES string of the molecule is CCOCC(C)NCCN1CCOCC1. The number of hydrogen-bond acceptors (Lipinski definition) is 4. The summed E-state index contributed by atoms with van der Waals surface area (Å²) in [6.07, 6.45) is 0. The molecule has 0 aliphatic carbocycles. The van der Waals surface area contributed by atoms with Crippen molar-refractivity contribution in [1.82, 2.24) is 10.2 Å². The molecule has 1 rings (SSSR count). The molecule has 1 saturated heterocycles. The van der Waals surface area contributed by atoms with E-state index in [4.69, 9.17) is 9.47 Å². The summed E-state index contributed by atoms with van der Waals surface area (Å²) in [5, 5.41) is 3.46. The van der Waals surface area contributed by atoms with Crippen molar-refractivity contribution >= 4 is 0 Å². The molecule has 0 aromatic carbocycles. The maximum atomic E-state index is 5.34. The van der Waals surface area contributed by atoms with E-state index in [0.717, 1.165) is 52.6 Å². The van der Waals surface area contributed by atoms with Gasteiger partial charge in [-0.15, -0.1) is 0 Å². The van der Waals surface area contributed by atoms with Crippen molar-refractivity contribution in [3.8, 4) is 0 Å². The van der Waals surface area contributed by atoms with E-state index in [-0.39, 0.29) is 0 Å². The van der Waals surface area contributed by atoms with Gasteiger partial charge in [0.05, 0.1) is 19.8 Å². The van der Waals surface area contributed by atoms with Crippen LogP contribution in [0.2, 0.25) is 0 Å². The molecule has 90 valence electrons. The van der Waals surface area contributed by atoms with Crippen LogP contribution in [0.15, 0.2) is 0 Å². The number of nitrogens with zero attached hydrogens (tertiary/aromatic N) is 1. The summed E-state index contributed by atoms with van der Waals surface area (Å²) in [7, 11) is 0. The van der Waals surface area contributed by atoms with E-state index in [1.165, 1.54) is 0 Å². The summed E-state index contributed by atoms with van der Waals surface area (Å²) in [5.74, 6) is 0. The van der Waals surface area contributed by atoms with Crippen LogP contribution in [0.5, 0.6) is 0 Å². The quantitative estimate of drug-likeness (QED) is 0.665. The fourth-order valence-corrected chi connectivity index (χ4v) is 1.65. The molecule has 4 heteroatoms. The summed E-state index contributed by atoms with van der Waals surface area (Å²) in [6.45, 7) is 11.9. The van der Waals surface area contributed by atoms with Crippen molar-refractivity contribution in [2.24, 2.45) is 0 Å². The lowest BCUT2D eigenvalue weighted by Crippen LogP contribution is -2.42. The highest BCUT2D eigenvalue weighted by Crippen LogP contribution is 1.95. The maximum Gasteiger partial charge on any atom is 0.0616 e. The lowest BCUT2D eigenvalue weighted by atomic mass is 10.3. The molecule has 1 N–H and O–H groups in total. The number of nitrogens with one attached hydrogen (secondary N) is 1. The van der Waals surface area contributed by atoms with E-state index >= 15 is 0 Å². The minimum Gasteiger partial charge on any atom is -0.380 e. The van der Waals surface area contributed by atoms with Gasteiger partial charge in [0.2, 0.25) is 0 Å². The van der Waals surface area contributed by atoms with E-state index in [9.17, 15) is 0 Å². The molecule has 0 amide bonds. The molecule has 15 heavy (non-hydrogen) atoms. The second-order valence-electron chi connectivity index (χ2n) is 3.97. The van der Waals surface area contributed by atoms with Crippen molar-refractivity contribution in [2.75, 3.05) is 52.6 Å². The lowest BCUT2D eigenvalue weighted by molar-refractivity contribution is 0.0375. The van der Waals surface area contributed by atoms with Crippen LogP contribution in [0.25, 0.3) is 0 Å². The van der Waals surface area contributed by atoms with E-state index < -0.39 is 0 Å². The summed E-state index contributed by atoms with van der Waals surface area (Å²) in [5.41, 5.74) is 0. The minimum atomic E-state index is 0.450. The topological polar surface area (TPSA) is 33.7 Å². The van der Waals surface area contributed by atoms with Gasteiger partial charge in [-0.1, -0.05) is 0 Å². The van der Waals surface area contributed by atoms with Gasteiger partial charge in [-0.05, 0) is 13.8 Å². The number of morpholine rings is 1. The standard InChI is InChI=1S/C11H24N2O2/c1-3-14-10-11(2)12-4-5-13-6-8-15-9-7-13/h11-12H,3-10H2,1-2H3. The van der Waals surface area contributed by atoms with Crippen LogP contribution in [-0.2, 0) is 9.47 Å². The second kappa shape index (κ2) is 8.05. The fourth-order valence-electron chi connectivity index (χ4n) is 1.65. The summed E-state index contributed by atoms with van der Waals surface area (Å²) in [4.78, 5) is 2.43. The number of rotatable bonds is 7. The van der Waals surface area contributed by atoms with Crippen LogP contribution < -0.4 is 5.32 Å². The molecular formula is C11H24N2O2. The van der Waals surface area contributed by atoms with Gasteiger partial charge in [-0.3, -0.25) is 4.90 Å². The molecule has 1 heterocycles. The van der Waals surface area contributed by atoms with Gasteiger partial charge in [-0.25, -0.2) is 0 Å². The average Bonchev–Trinajstić information content (AvgIpc) is 2.28. The highest BCUT2D eigenvalue weighted by molar-refractivity contribution is 4.65. The number of hydrogen-bond donors (Lipinski definition) is 1. The Bertz CT molecular complexity index is 150. The van der Waals surface area contributed by atoms with E-state index in [1.54, 1.807) is 0 Å². The zero-order chi connectivity index (χ0) is 10.9. The van der Waals surface area contributed by atoms with E-state index in [0.29, 0.717) is 6.04 Å². The molecule has 1 aliphatic heterocycles. The normalized spacial score (nSPS) is 20.4. The molecule has 1 aliphatic rings. The fraction of sp³-hybridized carbons (Fsp3) is 1.00. The molecule has 0 aromatic heterocycles. The van der Waals surface area contributed by atoms with Crippen LogP contribution in [-0.4, -0.2) is 63.5 Å². The Morgan fingerprint density at radius 2 is 2.13 bits per heavy atom. The lowest BCUT2D eigenvalue weighted by Gasteiger charge is -2.27. The molecular weight excluding hydrogens is 192 g/mol. The molecule has 1 atom stereocenters. The molecule has 0 radical (unpaired) electrons. The predicted molar refractivity (Wildman–Crippen MR) is 61.2 cm³/mol. The van der Waals surface area contributed by atoms with Gasteiger partial charge in [-0.2, -0.15) is 0 Å². The third-order valence-electron chi connectivity index (χ3n) is 2.60. The molecule has 0 bridgehead atoms. The highest BCUT2D eigenvalue weighted by atomic mass is 16.5. The molecule has 0 aromatic rings. The van der Waals surface area contributed by atoms with Crippen LogP contribution in [0.1, 0.15) is 13.8 Å². The van der Waals surface area contributed by atoms with Crippen LogP contribution in [0, 0.1) is 0 Å². The monoisotopic (exact) mass is 216 g/mol. The van der Waals surface area contributed by atoms with Gasteiger partial charge in [0.1, 0.15) is 0 Å². The van der Waals surface area contributed by atoms with Crippen molar-refractivity contribution in [3.05, 3.63) is 0 Å². The Morgan fingerprint density at radius 1 is 1.40 bits per heavy atom. The van der Waals surface area contributed by atoms with Crippen molar-refractivity contribution in [3.63, 3.8) is 0 Å². The highest BCUT2D eigenvalue weighted by Gasteiger charge is 2.09. The first-order chi connectivity index (χ1) is 7.33. The first-order valence-electron chi connectivity index (χ1n) is 5.94. The second-order valence-corrected chi connectivity index (χ2v) is 3.97. The summed E-state index contributed by atoms with van der Waals surface area (Å²) in [6, 6.07) is 0.450. The van der Waals surface area contributed by atoms with Gasteiger partial charge >= 0.3 is 0 Å². The van der Waals surface area contributed by atoms with Crippen molar-refractivity contribution < 1.29 is 9.47 Å². The Morgan fingerprint density at radius 3 is 2.80 bits per heavy atom. The van der Waals surface area contributed by atoms with Gasteiger partial charge < -0.3 is 14.8 Å². The Labute approximate surface area is 92.9 Å². The van der Waals surface area contributed by atoms with Crippen molar-refractivity contribution in [2.45, 2.75) is 19.9 Å². The zero-order valence-electron chi connectivity index (χ0n) is 10.00. The van der Waals surface area contributed by atoms with Crippen LogP contribution in [0.3, 0.4) is 0 Å². The Kier molecular flexibility index (Phi) is 6.92. The third kappa shape index (κ3) is 6.10. The molecule has 0 saturated carbocycles. The number of ether oxygens (including phenoxy) is 2. The molecule has 1 fully saturated rings. The van der Waals surface area contributed by atoms with Crippen molar-refractivity contribution in [1.29, 1.82) is 0 Å². The molecule has 0 spiro atoms. The van der Waals surface area contributed by atoms with E-state index in [1.807, 2.05) is 6.92 Å². The molecule has 1 unspecified atom stereocenters. The predicted octanol–water partition coefficient (Wildman–Crippen LogP) is 0.333. The minimum absolute atomic E-state index is 0.450. The summed E-state index contributed by atoms with van der Waals surface area (Å²) < 4.78 is 10.6. The Hall–Kier alpha value is -0.160. The smallest absolute Gasteiger partial charge is 0.0616 e. The Balaban J connectivity index is 1.94. The molecule has 4 nitrogen and oxygen atoms in total. The zero-order valence-corrected chi connectivity index (χ0v) is 10.00. The van der Waals surface area contributed by atoms with E-state index in [2.05, 4.69) is 17.1 Å². The summed E-state index contributed by atoms with van der Waals surface area (Å²) >= 11 is 0. The largest absolute Gasteiger partial charge is 0.380 e. The van der Waals surface area contributed by atoms with Gasteiger partial charge in [0.15, 0.2) is 0 Å². The van der Waals surface area contributed by atoms with Gasteiger partial charge in [0, 0.05) is 38.8 Å².